The Morgan fingerprint density at radius 3 is 1.76 bits per heavy atom. The molecule has 1 atom stereocenters. The van der Waals surface area contributed by atoms with E-state index in [2.05, 4.69) is 19.2 Å². The maximum Gasteiger partial charge on any atom is 0.404 e. The monoisotopic (exact) mass is 253 g/mol. The van der Waals surface area contributed by atoms with Crippen molar-refractivity contribution in [3.05, 3.63) is 0 Å². The highest BCUT2D eigenvalue weighted by molar-refractivity contribution is 4.87. The number of hydrogen-bond donors (Lipinski definition) is 1. The Hall–Kier alpha value is -0.250. The molecule has 1 N–H and O–H groups in total. The molecule has 0 unspecified atom stereocenters. The van der Waals surface area contributed by atoms with Gasteiger partial charge in [0.15, 0.2) is 0 Å². The van der Waals surface area contributed by atoms with Gasteiger partial charge in [0, 0.05) is 5.54 Å². The van der Waals surface area contributed by atoms with Crippen molar-refractivity contribution in [1.29, 1.82) is 0 Å². The Bertz CT molecular complexity index is 219. The van der Waals surface area contributed by atoms with E-state index in [1.807, 2.05) is 13.8 Å². The lowest BCUT2D eigenvalue weighted by Crippen LogP contribution is -2.55. The standard InChI is InChI=1S/C13H26F3N/c1-9(2)7-8-12(5,6)17-11(10(3)4)13(14,15)16/h9-11,17H,7-8H2,1-6H3/t11-/m1/s1. The Kier molecular flexibility index (Phi) is 5.99. The van der Waals surface area contributed by atoms with Crippen molar-refractivity contribution in [3.63, 3.8) is 0 Å². The molecule has 4 heteroatoms. The third-order valence-corrected chi connectivity index (χ3v) is 2.91. The highest BCUT2D eigenvalue weighted by Crippen LogP contribution is 2.28. The van der Waals surface area contributed by atoms with Crippen LogP contribution in [0, 0.1) is 11.8 Å². The van der Waals surface area contributed by atoms with Crippen LogP contribution in [0.1, 0.15) is 54.4 Å². The second-order valence-corrected chi connectivity index (χ2v) is 6.22. The number of alkyl halides is 3. The molecular weight excluding hydrogens is 227 g/mol. The zero-order valence-corrected chi connectivity index (χ0v) is 11.8. The summed E-state index contributed by atoms with van der Waals surface area (Å²) in [5.41, 5.74) is -0.477. The van der Waals surface area contributed by atoms with E-state index in [1.54, 1.807) is 13.8 Å². The fourth-order valence-electron chi connectivity index (χ4n) is 1.77. The number of rotatable bonds is 6. The van der Waals surface area contributed by atoms with Gasteiger partial charge in [0.1, 0.15) is 6.04 Å². The quantitative estimate of drug-likeness (QED) is 0.740. The topological polar surface area (TPSA) is 12.0 Å². The van der Waals surface area contributed by atoms with Crippen molar-refractivity contribution in [2.45, 2.75) is 72.1 Å². The minimum atomic E-state index is -4.18. The highest BCUT2D eigenvalue weighted by Gasteiger charge is 2.43. The van der Waals surface area contributed by atoms with Crippen LogP contribution in [0.15, 0.2) is 0 Å². The fraction of sp³-hybridized carbons (Fsp3) is 1.00. The van der Waals surface area contributed by atoms with E-state index in [-0.39, 0.29) is 0 Å². The molecule has 0 heterocycles. The van der Waals surface area contributed by atoms with E-state index in [0.717, 1.165) is 12.8 Å². The van der Waals surface area contributed by atoms with Crippen LogP contribution < -0.4 is 5.32 Å². The maximum absolute atomic E-state index is 12.8. The third kappa shape index (κ3) is 6.92. The molecule has 0 saturated carbocycles. The second-order valence-electron chi connectivity index (χ2n) is 6.22. The summed E-state index contributed by atoms with van der Waals surface area (Å²) in [6.45, 7) is 11.1. The minimum absolute atomic E-state index is 0.451. The molecule has 0 aromatic heterocycles. The summed E-state index contributed by atoms with van der Waals surface area (Å²) < 4.78 is 38.5. The lowest BCUT2D eigenvalue weighted by atomic mass is 9.91. The minimum Gasteiger partial charge on any atom is -0.301 e. The molecule has 1 nitrogen and oxygen atoms in total. The van der Waals surface area contributed by atoms with Crippen molar-refractivity contribution in [2.75, 3.05) is 0 Å². The van der Waals surface area contributed by atoms with E-state index in [9.17, 15) is 13.2 Å². The summed E-state index contributed by atoms with van der Waals surface area (Å²) >= 11 is 0. The van der Waals surface area contributed by atoms with Crippen LogP contribution in [0.2, 0.25) is 0 Å². The van der Waals surface area contributed by atoms with Crippen molar-refractivity contribution < 1.29 is 13.2 Å². The molecule has 0 aliphatic rings. The summed E-state index contributed by atoms with van der Waals surface area (Å²) in [4.78, 5) is 0. The van der Waals surface area contributed by atoms with E-state index < -0.39 is 23.7 Å². The molecule has 0 bridgehead atoms. The van der Waals surface area contributed by atoms with E-state index in [0.29, 0.717) is 5.92 Å². The van der Waals surface area contributed by atoms with Gasteiger partial charge in [-0.3, -0.25) is 0 Å². The number of halogens is 3. The van der Waals surface area contributed by atoms with Crippen molar-refractivity contribution >= 4 is 0 Å². The van der Waals surface area contributed by atoms with Crippen molar-refractivity contribution in [2.24, 2.45) is 11.8 Å². The normalized spacial score (nSPS) is 15.7. The van der Waals surface area contributed by atoms with Crippen molar-refractivity contribution in [1.82, 2.24) is 5.32 Å². The van der Waals surface area contributed by atoms with E-state index in [4.69, 9.17) is 0 Å². The lowest BCUT2D eigenvalue weighted by molar-refractivity contribution is -0.170. The van der Waals surface area contributed by atoms with E-state index >= 15 is 0 Å². The van der Waals surface area contributed by atoms with Gasteiger partial charge < -0.3 is 5.32 Å². The van der Waals surface area contributed by atoms with Gasteiger partial charge in [-0.1, -0.05) is 27.7 Å². The predicted molar refractivity (Wildman–Crippen MR) is 66.0 cm³/mol. The Balaban J connectivity index is 4.53. The first-order chi connectivity index (χ1) is 7.46. The zero-order valence-electron chi connectivity index (χ0n) is 11.8. The maximum atomic E-state index is 12.8. The van der Waals surface area contributed by atoms with Gasteiger partial charge in [0.25, 0.3) is 0 Å². The van der Waals surface area contributed by atoms with Crippen LogP contribution in [-0.4, -0.2) is 17.8 Å². The molecule has 0 aliphatic heterocycles. The molecule has 0 radical (unpaired) electrons. The molecule has 0 amide bonds. The first-order valence-electron chi connectivity index (χ1n) is 6.30. The van der Waals surface area contributed by atoms with E-state index in [1.165, 1.54) is 0 Å². The van der Waals surface area contributed by atoms with Crippen LogP contribution in [-0.2, 0) is 0 Å². The van der Waals surface area contributed by atoms with Gasteiger partial charge >= 0.3 is 6.18 Å². The van der Waals surface area contributed by atoms with Crippen LogP contribution in [0.4, 0.5) is 13.2 Å². The fourth-order valence-corrected chi connectivity index (χ4v) is 1.77. The summed E-state index contributed by atoms with van der Waals surface area (Å²) in [6.07, 6.45) is -2.49. The lowest BCUT2D eigenvalue weighted by Gasteiger charge is -2.35. The molecule has 0 saturated heterocycles. The zero-order chi connectivity index (χ0) is 13.9. The summed E-state index contributed by atoms with van der Waals surface area (Å²) in [6, 6.07) is -1.43. The summed E-state index contributed by atoms with van der Waals surface area (Å²) in [7, 11) is 0. The molecule has 0 aromatic carbocycles. The van der Waals surface area contributed by atoms with Crippen LogP contribution in [0.25, 0.3) is 0 Å². The van der Waals surface area contributed by atoms with Gasteiger partial charge in [0.2, 0.25) is 0 Å². The molecule has 104 valence electrons. The average Bonchev–Trinajstić information content (AvgIpc) is 2.09. The van der Waals surface area contributed by atoms with Crippen LogP contribution >= 0.6 is 0 Å². The molecule has 0 aromatic rings. The Labute approximate surface area is 103 Å². The molecule has 0 spiro atoms. The van der Waals surface area contributed by atoms with Gasteiger partial charge in [-0.05, 0) is 38.5 Å². The van der Waals surface area contributed by atoms with Gasteiger partial charge in [-0.25, -0.2) is 0 Å². The molecule has 0 rings (SSSR count). The molecule has 0 aliphatic carbocycles. The largest absolute Gasteiger partial charge is 0.404 e. The molecule has 17 heavy (non-hydrogen) atoms. The Morgan fingerprint density at radius 1 is 1.00 bits per heavy atom. The third-order valence-electron chi connectivity index (χ3n) is 2.91. The Morgan fingerprint density at radius 2 is 1.47 bits per heavy atom. The van der Waals surface area contributed by atoms with Gasteiger partial charge in [0.05, 0.1) is 0 Å². The predicted octanol–water partition coefficient (Wildman–Crippen LogP) is 4.38. The van der Waals surface area contributed by atoms with Gasteiger partial charge in [-0.2, -0.15) is 13.2 Å². The van der Waals surface area contributed by atoms with Gasteiger partial charge in [-0.15, -0.1) is 0 Å². The second kappa shape index (κ2) is 6.07. The SMILES string of the molecule is CC(C)CCC(C)(C)N[C@H](C(C)C)C(F)(F)F. The molecule has 0 fully saturated rings. The van der Waals surface area contributed by atoms with Crippen molar-refractivity contribution in [3.8, 4) is 0 Å². The van der Waals surface area contributed by atoms with Crippen LogP contribution in [0.3, 0.4) is 0 Å². The first-order valence-corrected chi connectivity index (χ1v) is 6.30. The number of nitrogens with one attached hydrogen (secondary N) is 1. The first kappa shape index (κ1) is 16.8. The van der Waals surface area contributed by atoms with Crippen LogP contribution in [0.5, 0.6) is 0 Å². The number of hydrogen-bond acceptors (Lipinski definition) is 1. The highest BCUT2D eigenvalue weighted by atomic mass is 19.4. The average molecular weight is 253 g/mol. The summed E-state index contributed by atoms with van der Waals surface area (Å²) in [5.74, 6) is 0.0628. The molecular formula is C13H26F3N. The summed E-state index contributed by atoms with van der Waals surface area (Å²) in [5, 5.41) is 2.76. The smallest absolute Gasteiger partial charge is 0.301 e.